The number of aromatic nitrogens is 2. The molecule has 1 unspecified atom stereocenters. The van der Waals surface area contributed by atoms with Crippen LogP contribution in [0, 0.1) is 6.92 Å². The molecule has 0 aliphatic rings. The Hall–Kier alpha value is -1.69. The number of ether oxygens (including phenoxy) is 1. The minimum absolute atomic E-state index is 0.107. The molecule has 3 N–H and O–H groups in total. The van der Waals surface area contributed by atoms with Gasteiger partial charge in [-0.1, -0.05) is 0 Å². The van der Waals surface area contributed by atoms with Crippen molar-refractivity contribution in [3.05, 3.63) is 18.1 Å². The van der Waals surface area contributed by atoms with Gasteiger partial charge in [-0.2, -0.15) is 0 Å². The third-order valence-corrected chi connectivity index (χ3v) is 1.54. The first-order chi connectivity index (χ1) is 7.08. The van der Waals surface area contributed by atoms with Crippen LogP contribution in [0.25, 0.3) is 0 Å². The SMILES string of the molecule is Cc1cc(OC(=O)NCC(C)N)ncn1. The minimum atomic E-state index is -0.564. The summed E-state index contributed by atoms with van der Waals surface area (Å²) in [6.07, 6.45) is 0.772. The van der Waals surface area contributed by atoms with Gasteiger partial charge < -0.3 is 15.8 Å². The lowest BCUT2D eigenvalue weighted by Crippen LogP contribution is -2.36. The first kappa shape index (κ1) is 11.4. The van der Waals surface area contributed by atoms with Crippen molar-refractivity contribution in [2.75, 3.05) is 6.54 Å². The fraction of sp³-hybridized carbons (Fsp3) is 0.444. The van der Waals surface area contributed by atoms with E-state index in [2.05, 4.69) is 15.3 Å². The van der Waals surface area contributed by atoms with E-state index in [4.69, 9.17) is 10.5 Å². The molecule has 0 aromatic carbocycles. The Morgan fingerprint density at radius 1 is 1.67 bits per heavy atom. The van der Waals surface area contributed by atoms with Gasteiger partial charge in [0.05, 0.1) is 0 Å². The Morgan fingerprint density at radius 2 is 2.40 bits per heavy atom. The van der Waals surface area contributed by atoms with Gasteiger partial charge in [-0.3, -0.25) is 0 Å². The van der Waals surface area contributed by atoms with Crippen molar-refractivity contribution in [2.45, 2.75) is 19.9 Å². The van der Waals surface area contributed by atoms with E-state index in [-0.39, 0.29) is 11.9 Å². The van der Waals surface area contributed by atoms with Gasteiger partial charge in [0.25, 0.3) is 0 Å². The predicted octanol–water partition coefficient (Wildman–Crippen LogP) is 0.221. The average molecular weight is 210 g/mol. The number of hydrogen-bond acceptors (Lipinski definition) is 5. The molecule has 82 valence electrons. The number of nitrogens with zero attached hydrogens (tertiary/aromatic N) is 2. The highest BCUT2D eigenvalue weighted by atomic mass is 16.6. The summed E-state index contributed by atoms with van der Waals surface area (Å²) < 4.78 is 4.89. The molecule has 0 fully saturated rings. The van der Waals surface area contributed by atoms with Crippen molar-refractivity contribution in [3.8, 4) is 5.88 Å². The number of nitrogens with two attached hydrogens (primary N) is 1. The van der Waals surface area contributed by atoms with Gasteiger partial charge in [-0.25, -0.2) is 14.8 Å². The van der Waals surface area contributed by atoms with E-state index in [0.29, 0.717) is 6.54 Å². The van der Waals surface area contributed by atoms with Gasteiger partial charge in [0.2, 0.25) is 5.88 Å². The van der Waals surface area contributed by atoms with Crippen LogP contribution in [-0.2, 0) is 0 Å². The maximum absolute atomic E-state index is 11.2. The van der Waals surface area contributed by atoms with Crippen molar-refractivity contribution in [1.82, 2.24) is 15.3 Å². The van der Waals surface area contributed by atoms with Crippen LogP contribution < -0.4 is 15.8 Å². The first-order valence-electron chi connectivity index (χ1n) is 4.58. The topological polar surface area (TPSA) is 90.1 Å². The number of carbonyl (C=O) groups is 1. The normalized spacial score (nSPS) is 11.9. The third-order valence-electron chi connectivity index (χ3n) is 1.54. The lowest BCUT2D eigenvalue weighted by molar-refractivity contribution is 0.198. The van der Waals surface area contributed by atoms with E-state index in [9.17, 15) is 4.79 Å². The first-order valence-corrected chi connectivity index (χ1v) is 4.58. The fourth-order valence-corrected chi connectivity index (χ4v) is 0.861. The van der Waals surface area contributed by atoms with E-state index in [1.807, 2.05) is 0 Å². The largest absolute Gasteiger partial charge is 0.413 e. The summed E-state index contributed by atoms with van der Waals surface area (Å²) in [5, 5.41) is 2.50. The van der Waals surface area contributed by atoms with Gasteiger partial charge in [0.15, 0.2) is 0 Å². The summed E-state index contributed by atoms with van der Waals surface area (Å²) in [6, 6.07) is 1.47. The van der Waals surface area contributed by atoms with Crippen LogP contribution in [0.5, 0.6) is 5.88 Å². The molecular weight excluding hydrogens is 196 g/mol. The smallest absolute Gasteiger partial charge is 0.391 e. The quantitative estimate of drug-likeness (QED) is 0.744. The van der Waals surface area contributed by atoms with Crippen LogP contribution in [0.3, 0.4) is 0 Å². The van der Waals surface area contributed by atoms with Crippen molar-refractivity contribution < 1.29 is 9.53 Å². The van der Waals surface area contributed by atoms with E-state index in [1.54, 1.807) is 19.9 Å². The molecule has 1 amide bonds. The summed E-state index contributed by atoms with van der Waals surface area (Å²) in [7, 11) is 0. The average Bonchev–Trinajstić information content (AvgIpc) is 2.15. The molecule has 0 spiro atoms. The number of nitrogens with one attached hydrogen (secondary N) is 1. The highest BCUT2D eigenvalue weighted by Crippen LogP contribution is 2.05. The molecule has 1 heterocycles. The molecule has 1 aromatic heterocycles. The Balaban J connectivity index is 2.44. The number of hydrogen-bond donors (Lipinski definition) is 2. The number of rotatable bonds is 3. The Morgan fingerprint density at radius 3 is 3.00 bits per heavy atom. The van der Waals surface area contributed by atoms with Crippen LogP contribution in [0.1, 0.15) is 12.6 Å². The second-order valence-electron chi connectivity index (χ2n) is 3.25. The Bertz CT molecular complexity index is 341. The molecule has 0 bridgehead atoms. The summed E-state index contributed by atoms with van der Waals surface area (Å²) in [5.74, 6) is 0.227. The molecule has 1 aromatic rings. The van der Waals surface area contributed by atoms with Crippen LogP contribution in [0.15, 0.2) is 12.4 Å². The third kappa shape index (κ3) is 4.37. The molecular formula is C9H14N4O2. The molecule has 0 radical (unpaired) electrons. The van der Waals surface area contributed by atoms with Gasteiger partial charge in [-0.05, 0) is 13.8 Å². The van der Waals surface area contributed by atoms with E-state index in [0.717, 1.165) is 5.69 Å². The lowest BCUT2D eigenvalue weighted by atomic mass is 10.4. The number of carbonyl (C=O) groups excluding carboxylic acids is 1. The molecule has 0 aliphatic heterocycles. The highest BCUT2D eigenvalue weighted by Gasteiger charge is 2.05. The molecule has 6 heteroatoms. The van der Waals surface area contributed by atoms with Crippen molar-refractivity contribution in [2.24, 2.45) is 5.73 Å². The van der Waals surface area contributed by atoms with Crippen molar-refractivity contribution in [3.63, 3.8) is 0 Å². The molecule has 1 atom stereocenters. The van der Waals surface area contributed by atoms with Crippen LogP contribution in [-0.4, -0.2) is 28.6 Å². The zero-order valence-corrected chi connectivity index (χ0v) is 8.73. The molecule has 0 aliphatic carbocycles. The fourth-order valence-electron chi connectivity index (χ4n) is 0.861. The summed E-state index contributed by atoms with van der Waals surface area (Å²) in [5.41, 5.74) is 6.20. The Labute approximate surface area is 87.9 Å². The van der Waals surface area contributed by atoms with E-state index >= 15 is 0 Å². The zero-order chi connectivity index (χ0) is 11.3. The molecule has 15 heavy (non-hydrogen) atoms. The standard InChI is InChI=1S/C9H14N4O2/c1-6(10)4-11-9(14)15-8-3-7(2)12-5-13-8/h3,5-6H,4,10H2,1-2H3,(H,11,14). The highest BCUT2D eigenvalue weighted by molar-refractivity contribution is 5.69. The second kappa shape index (κ2) is 5.26. The molecule has 0 saturated heterocycles. The summed E-state index contributed by atoms with van der Waals surface area (Å²) in [4.78, 5) is 18.8. The second-order valence-corrected chi connectivity index (χ2v) is 3.25. The number of aryl methyl sites for hydroxylation is 1. The molecule has 6 nitrogen and oxygen atoms in total. The van der Waals surface area contributed by atoms with Gasteiger partial charge in [0, 0.05) is 24.3 Å². The van der Waals surface area contributed by atoms with E-state index < -0.39 is 6.09 Å². The van der Waals surface area contributed by atoms with Crippen LogP contribution in [0.2, 0.25) is 0 Å². The lowest BCUT2D eigenvalue weighted by Gasteiger charge is -2.07. The van der Waals surface area contributed by atoms with Crippen molar-refractivity contribution in [1.29, 1.82) is 0 Å². The Kier molecular flexibility index (Phi) is 3.99. The minimum Gasteiger partial charge on any atom is -0.391 e. The van der Waals surface area contributed by atoms with Crippen LogP contribution >= 0.6 is 0 Å². The van der Waals surface area contributed by atoms with Gasteiger partial charge >= 0.3 is 6.09 Å². The summed E-state index contributed by atoms with van der Waals surface area (Å²) >= 11 is 0. The molecule has 0 saturated carbocycles. The summed E-state index contributed by atoms with van der Waals surface area (Å²) in [6.45, 7) is 3.94. The maximum Gasteiger partial charge on any atom is 0.413 e. The zero-order valence-electron chi connectivity index (χ0n) is 8.73. The maximum atomic E-state index is 11.2. The van der Waals surface area contributed by atoms with Crippen LogP contribution in [0.4, 0.5) is 4.79 Å². The predicted molar refractivity (Wildman–Crippen MR) is 54.4 cm³/mol. The van der Waals surface area contributed by atoms with Crippen molar-refractivity contribution >= 4 is 6.09 Å². The van der Waals surface area contributed by atoms with E-state index in [1.165, 1.54) is 6.33 Å². The monoisotopic (exact) mass is 210 g/mol. The van der Waals surface area contributed by atoms with Gasteiger partial charge in [0.1, 0.15) is 6.33 Å². The number of amides is 1. The van der Waals surface area contributed by atoms with Gasteiger partial charge in [-0.15, -0.1) is 0 Å². The molecule has 1 rings (SSSR count).